The lowest BCUT2D eigenvalue weighted by molar-refractivity contribution is 0.0137. The summed E-state index contributed by atoms with van der Waals surface area (Å²) in [5.41, 5.74) is 5.88. The van der Waals surface area contributed by atoms with Crippen LogP contribution in [0.1, 0.15) is 48.7 Å². The van der Waals surface area contributed by atoms with E-state index in [1.807, 2.05) is 6.92 Å². The van der Waals surface area contributed by atoms with Crippen molar-refractivity contribution in [2.45, 2.75) is 57.2 Å². The third kappa shape index (κ3) is 3.47. The molecule has 0 aromatic carbocycles. The number of anilines is 2. The Kier molecular flexibility index (Phi) is 4.30. The zero-order valence-electron chi connectivity index (χ0n) is 12.2. The first-order chi connectivity index (χ1) is 10.1. The highest BCUT2D eigenvalue weighted by Crippen LogP contribution is 2.29. The van der Waals surface area contributed by atoms with Crippen LogP contribution in [-0.2, 0) is 4.74 Å². The Morgan fingerprint density at radius 2 is 2.19 bits per heavy atom. The maximum Gasteiger partial charge on any atom is 0.265 e. The zero-order chi connectivity index (χ0) is 14.8. The van der Waals surface area contributed by atoms with Gasteiger partial charge in [0.25, 0.3) is 5.91 Å². The third-order valence-electron chi connectivity index (χ3n) is 4.11. The van der Waals surface area contributed by atoms with Crippen LogP contribution in [0.5, 0.6) is 0 Å². The van der Waals surface area contributed by atoms with Gasteiger partial charge in [0.15, 0.2) is 5.13 Å². The molecular weight excluding hydrogens is 288 g/mol. The first kappa shape index (κ1) is 14.6. The first-order valence-electron chi connectivity index (χ1n) is 7.57. The van der Waals surface area contributed by atoms with Crippen molar-refractivity contribution in [3.8, 4) is 0 Å². The monoisotopic (exact) mass is 310 g/mol. The number of nitrogens with one attached hydrogen (secondary N) is 2. The minimum Gasteiger partial charge on any atom is -0.382 e. The van der Waals surface area contributed by atoms with E-state index in [-0.39, 0.29) is 18.1 Å². The van der Waals surface area contributed by atoms with Crippen molar-refractivity contribution in [1.29, 1.82) is 0 Å². The molecule has 1 aliphatic carbocycles. The Labute approximate surface area is 128 Å². The summed E-state index contributed by atoms with van der Waals surface area (Å²) in [4.78, 5) is 17.1. The summed E-state index contributed by atoms with van der Waals surface area (Å²) in [6, 6.07) is 0.647. The largest absolute Gasteiger partial charge is 0.382 e. The quantitative estimate of drug-likeness (QED) is 0.791. The van der Waals surface area contributed by atoms with Gasteiger partial charge in [-0.25, -0.2) is 4.98 Å². The topological polar surface area (TPSA) is 89.3 Å². The normalized spacial score (nSPS) is 26.1. The second-order valence-electron chi connectivity index (χ2n) is 5.88. The van der Waals surface area contributed by atoms with Gasteiger partial charge in [0.2, 0.25) is 0 Å². The molecule has 1 saturated carbocycles. The summed E-state index contributed by atoms with van der Waals surface area (Å²) < 4.78 is 5.49. The lowest BCUT2D eigenvalue weighted by Gasteiger charge is -2.27. The molecule has 1 amide bonds. The van der Waals surface area contributed by atoms with Gasteiger partial charge in [0, 0.05) is 18.7 Å². The number of carbonyl (C=O) groups excluding carboxylic acids is 1. The van der Waals surface area contributed by atoms with Gasteiger partial charge in [0.05, 0.1) is 6.10 Å². The van der Waals surface area contributed by atoms with Crippen LogP contribution in [0, 0.1) is 0 Å². The van der Waals surface area contributed by atoms with Crippen LogP contribution in [0.2, 0.25) is 0 Å². The number of rotatable bonds is 4. The Hall–Kier alpha value is -1.34. The Morgan fingerprint density at radius 1 is 1.38 bits per heavy atom. The molecule has 21 heavy (non-hydrogen) atoms. The number of ether oxygens (including phenoxy) is 1. The van der Waals surface area contributed by atoms with Gasteiger partial charge in [0.1, 0.15) is 10.7 Å². The maximum atomic E-state index is 12.3. The fourth-order valence-corrected chi connectivity index (χ4v) is 3.53. The summed E-state index contributed by atoms with van der Waals surface area (Å²) in [5.74, 6) is 0.199. The number of thiazole rings is 1. The summed E-state index contributed by atoms with van der Waals surface area (Å²) in [6.45, 7) is 2.72. The number of amides is 1. The van der Waals surface area contributed by atoms with E-state index in [9.17, 15) is 4.79 Å². The molecule has 6 nitrogen and oxygen atoms in total. The minimum absolute atomic E-state index is 0.120. The molecule has 0 spiro atoms. The molecule has 3 rings (SSSR count). The Bertz CT molecular complexity index is 515. The first-order valence-corrected chi connectivity index (χ1v) is 8.39. The van der Waals surface area contributed by atoms with E-state index in [1.54, 1.807) is 0 Å². The predicted molar refractivity (Wildman–Crippen MR) is 83.7 cm³/mol. The van der Waals surface area contributed by atoms with Crippen molar-refractivity contribution in [3.05, 3.63) is 4.88 Å². The number of aromatic nitrogens is 1. The lowest BCUT2D eigenvalue weighted by atomic mass is 9.93. The molecule has 2 fully saturated rings. The van der Waals surface area contributed by atoms with Gasteiger partial charge in [-0.3, -0.25) is 4.79 Å². The highest BCUT2D eigenvalue weighted by atomic mass is 32.1. The molecule has 0 bridgehead atoms. The Balaban J connectivity index is 1.60. The second-order valence-corrected chi connectivity index (χ2v) is 6.88. The van der Waals surface area contributed by atoms with Crippen LogP contribution in [0.4, 0.5) is 10.9 Å². The van der Waals surface area contributed by atoms with Crippen LogP contribution in [0.25, 0.3) is 0 Å². The third-order valence-corrected chi connectivity index (χ3v) is 5.11. The molecule has 2 aliphatic rings. The number of hydrogen-bond donors (Lipinski definition) is 3. The van der Waals surface area contributed by atoms with Gasteiger partial charge in [-0.1, -0.05) is 11.3 Å². The molecule has 0 radical (unpaired) electrons. The average Bonchev–Trinajstić information content (AvgIpc) is 2.75. The van der Waals surface area contributed by atoms with Crippen molar-refractivity contribution in [2.24, 2.45) is 0 Å². The van der Waals surface area contributed by atoms with Gasteiger partial charge < -0.3 is 21.1 Å². The van der Waals surface area contributed by atoms with Gasteiger partial charge in [-0.2, -0.15) is 0 Å². The molecule has 1 saturated heterocycles. The van der Waals surface area contributed by atoms with Crippen molar-refractivity contribution >= 4 is 28.2 Å². The van der Waals surface area contributed by atoms with Crippen LogP contribution < -0.4 is 16.4 Å². The number of hydrogen-bond acceptors (Lipinski definition) is 6. The van der Waals surface area contributed by atoms with E-state index >= 15 is 0 Å². The van der Waals surface area contributed by atoms with E-state index in [2.05, 4.69) is 15.6 Å². The predicted octanol–water partition coefficient (Wildman–Crippen LogP) is 1.99. The summed E-state index contributed by atoms with van der Waals surface area (Å²) in [5, 5.41) is 7.13. The van der Waals surface area contributed by atoms with E-state index < -0.39 is 0 Å². The standard InChI is InChI=1S/C14H22N4O2S/c1-8-7-10(5-6-20-8)16-13(19)11-12(15)18-14(21-11)17-9-3-2-4-9/h8-10H,2-7,15H2,1H3,(H,16,19)(H,17,18). The molecule has 1 aromatic heterocycles. The van der Waals surface area contributed by atoms with E-state index in [4.69, 9.17) is 10.5 Å². The smallest absolute Gasteiger partial charge is 0.265 e. The zero-order valence-corrected chi connectivity index (χ0v) is 13.0. The maximum absolute atomic E-state index is 12.3. The molecule has 116 valence electrons. The summed E-state index contributed by atoms with van der Waals surface area (Å²) >= 11 is 1.34. The number of nitrogens with two attached hydrogens (primary N) is 1. The van der Waals surface area contributed by atoms with Gasteiger partial charge in [-0.05, 0) is 39.0 Å². The lowest BCUT2D eigenvalue weighted by Crippen LogP contribution is -2.41. The van der Waals surface area contributed by atoms with Crippen molar-refractivity contribution < 1.29 is 9.53 Å². The fourth-order valence-electron chi connectivity index (χ4n) is 2.66. The molecule has 7 heteroatoms. The van der Waals surface area contributed by atoms with Gasteiger partial charge in [-0.15, -0.1) is 0 Å². The highest BCUT2D eigenvalue weighted by Gasteiger charge is 2.25. The SMILES string of the molecule is CC1CC(NC(=O)c2sc(NC3CCC3)nc2N)CCO1. The summed E-state index contributed by atoms with van der Waals surface area (Å²) in [6.07, 6.45) is 5.48. The van der Waals surface area contributed by atoms with Crippen LogP contribution in [0.3, 0.4) is 0 Å². The average molecular weight is 310 g/mol. The second kappa shape index (κ2) is 6.19. The number of carbonyl (C=O) groups is 1. The molecule has 2 heterocycles. The van der Waals surface area contributed by atoms with Crippen LogP contribution in [-0.4, -0.2) is 35.7 Å². The molecule has 2 atom stereocenters. The minimum atomic E-state index is -0.120. The van der Waals surface area contributed by atoms with Crippen molar-refractivity contribution in [2.75, 3.05) is 17.7 Å². The van der Waals surface area contributed by atoms with E-state index in [1.165, 1.54) is 30.6 Å². The highest BCUT2D eigenvalue weighted by molar-refractivity contribution is 7.18. The molecule has 1 aromatic rings. The molecular formula is C14H22N4O2S. The fraction of sp³-hybridized carbons (Fsp3) is 0.714. The molecule has 4 N–H and O–H groups in total. The van der Waals surface area contributed by atoms with Crippen LogP contribution >= 0.6 is 11.3 Å². The van der Waals surface area contributed by atoms with Crippen molar-refractivity contribution in [3.63, 3.8) is 0 Å². The number of nitrogen functional groups attached to an aromatic ring is 1. The summed E-state index contributed by atoms with van der Waals surface area (Å²) in [7, 11) is 0. The van der Waals surface area contributed by atoms with Crippen molar-refractivity contribution in [1.82, 2.24) is 10.3 Å². The number of nitrogens with zero attached hydrogens (tertiary/aromatic N) is 1. The van der Waals surface area contributed by atoms with E-state index in [0.29, 0.717) is 23.3 Å². The van der Waals surface area contributed by atoms with Gasteiger partial charge >= 0.3 is 0 Å². The molecule has 1 aliphatic heterocycles. The van der Waals surface area contributed by atoms with Crippen LogP contribution in [0.15, 0.2) is 0 Å². The van der Waals surface area contributed by atoms with E-state index in [0.717, 1.165) is 18.0 Å². The molecule has 2 unspecified atom stereocenters. The Morgan fingerprint density at radius 3 is 2.86 bits per heavy atom.